The SMILES string of the molecule is Cc1ccc2c(-c3nc(N4CCCN(O)C4=O)sc3C)c[nH]c2n1. The van der Waals surface area contributed by atoms with E-state index >= 15 is 0 Å². The molecular weight excluding hydrogens is 326 g/mol. The van der Waals surface area contributed by atoms with Crippen molar-refractivity contribution in [2.75, 3.05) is 18.0 Å². The predicted molar refractivity (Wildman–Crippen MR) is 92.5 cm³/mol. The molecule has 0 radical (unpaired) electrons. The summed E-state index contributed by atoms with van der Waals surface area (Å²) in [6.45, 7) is 4.87. The number of carbonyl (C=O) groups is 1. The van der Waals surface area contributed by atoms with Gasteiger partial charge in [0, 0.05) is 34.3 Å². The van der Waals surface area contributed by atoms with Gasteiger partial charge in [-0.2, -0.15) is 0 Å². The maximum absolute atomic E-state index is 12.1. The normalized spacial score (nSPS) is 15.5. The molecule has 0 spiro atoms. The Morgan fingerprint density at radius 2 is 2.08 bits per heavy atom. The lowest BCUT2D eigenvalue weighted by Gasteiger charge is -2.29. The third-order valence-electron chi connectivity index (χ3n) is 4.15. The van der Waals surface area contributed by atoms with Crippen LogP contribution in [0.15, 0.2) is 18.3 Å². The number of rotatable bonds is 2. The zero-order valence-corrected chi connectivity index (χ0v) is 14.2. The third kappa shape index (κ3) is 2.35. The van der Waals surface area contributed by atoms with Gasteiger partial charge >= 0.3 is 6.03 Å². The molecule has 4 heterocycles. The van der Waals surface area contributed by atoms with Gasteiger partial charge in [-0.15, -0.1) is 11.3 Å². The van der Waals surface area contributed by atoms with Crippen molar-refractivity contribution >= 4 is 33.5 Å². The number of amides is 2. The summed E-state index contributed by atoms with van der Waals surface area (Å²) in [5.41, 5.74) is 3.60. The van der Waals surface area contributed by atoms with E-state index in [0.717, 1.165) is 37.9 Å². The van der Waals surface area contributed by atoms with Gasteiger partial charge in [-0.3, -0.25) is 10.1 Å². The van der Waals surface area contributed by atoms with Gasteiger partial charge in [0.15, 0.2) is 5.13 Å². The van der Waals surface area contributed by atoms with E-state index in [1.54, 1.807) is 0 Å². The lowest BCUT2D eigenvalue weighted by molar-refractivity contribution is -0.0466. The minimum atomic E-state index is -0.419. The van der Waals surface area contributed by atoms with Gasteiger partial charge in [-0.05, 0) is 32.4 Å². The number of pyridine rings is 1. The van der Waals surface area contributed by atoms with Gasteiger partial charge < -0.3 is 4.98 Å². The second-order valence-corrected chi connectivity index (χ2v) is 7.04. The van der Waals surface area contributed by atoms with Gasteiger partial charge in [0.1, 0.15) is 5.65 Å². The first-order chi connectivity index (χ1) is 11.5. The van der Waals surface area contributed by atoms with Gasteiger partial charge in [0.05, 0.1) is 12.2 Å². The number of H-pyrrole nitrogens is 1. The van der Waals surface area contributed by atoms with Gasteiger partial charge in [-0.25, -0.2) is 19.8 Å². The van der Waals surface area contributed by atoms with Crippen molar-refractivity contribution in [1.82, 2.24) is 20.0 Å². The number of aryl methyl sites for hydroxylation is 2. The molecule has 2 amide bonds. The number of nitrogens with one attached hydrogen (secondary N) is 1. The van der Waals surface area contributed by atoms with E-state index in [0.29, 0.717) is 24.6 Å². The molecule has 0 saturated carbocycles. The van der Waals surface area contributed by atoms with E-state index in [4.69, 9.17) is 0 Å². The van der Waals surface area contributed by atoms with Crippen molar-refractivity contribution in [2.24, 2.45) is 0 Å². The van der Waals surface area contributed by atoms with E-state index in [2.05, 4.69) is 15.0 Å². The summed E-state index contributed by atoms with van der Waals surface area (Å²) in [7, 11) is 0. The molecule has 4 rings (SSSR count). The molecule has 0 aromatic carbocycles. The van der Waals surface area contributed by atoms with Crippen LogP contribution in [0.25, 0.3) is 22.3 Å². The average molecular weight is 343 g/mol. The molecule has 0 unspecified atom stereocenters. The van der Waals surface area contributed by atoms with E-state index in [-0.39, 0.29) is 0 Å². The summed E-state index contributed by atoms with van der Waals surface area (Å²) in [6, 6.07) is 3.58. The second-order valence-electron chi connectivity index (χ2n) is 5.86. The lowest BCUT2D eigenvalue weighted by Crippen LogP contribution is -2.47. The fraction of sp³-hybridized carbons (Fsp3) is 0.312. The molecule has 0 aliphatic carbocycles. The van der Waals surface area contributed by atoms with Crippen LogP contribution in [0.4, 0.5) is 9.93 Å². The van der Waals surface area contributed by atoms with Gasteiger partial charge in [0.25, 0.3) is 0 Å². The van der Waals surface area contributed by atoms with E-state index in [1.807, 2.05) is 32.2 Å². The van der Waals surface area contributed by atoms with Crippen LogP contribution in [0.5, 0.6) is 0 Å². The minimum Gasteiger partial charge on any atom is -0.345 e. The van der Waals surface area contributed by atoms with Crippen LogP contribution in [0.3, 0.4) is 0 Å². The summed E-state index contributed by atoms with van der Waals surface area (Å²) < 4.78 is 0. The molecule has 8 heteroatoms. The van der Waals surface area contributed by atoms with E-state index in [1.165, 1.54) is 16.2 Å². The average Bonchev–Trinajstić information content (AvgIpc) is 3.12. The molecule has 1 aliphatic heterocycles. The van der Waals surface area contributed by atoms with Crippen molar-refractivity contribution in [3.8, 4) is 11.3 Å². The molecular formula is C16H17N5O2S. The Hall–Kier alpha value is -2.45. The van der Waals surface area contributed by atoms with Crippen LogP contribution in [-0.2, 0) is 0 Å². The smallest absolute Gasteiger partial charge is 0.345 e. The van der Waals surface area contributed by atoms with E-state index in [9.17, 15) is 10.0 Å². The number of hydrogen-bond acceptors (Lipinski definition) is 5. The van der Waals surface area contributed by atoms with Crippen LogP contribution in [0.1, 0.15) is 17.0 Å². The second kappa shape index (κ2) is 5.57. The van der Waals surface area contributed by atoms with Crippen molar-refractivity contribution in [1.29, 1.82) is 0 Å². The molecule has 124 valence electrons. The first-order valence-corrected chi connectivity index (χ1v) is 8.56. The maximum Gasteiger partial charge on any atom is 0.350 e. The standard InChI is InChI=1S/C16H17N5O2S/c1-9-4-5-11-12(8-17-14(11)18-9)13-10(2)24-15(19-13)20-6-3-7-21(23)16(20)22/h4-5,8,23H,3,6-7H2,1-2H3,(H,17,18). The first-order valence-electron chi connectivity index (χ1n) is 7.75. The molecule has 1 saturated heterocycles. The number of hydroxylamine groups is 2. The highest BCUT2D eigenvalue weighted by molar-refractivity contribution is 7.16. The molecule has 24 heavy (non-hydrogen) atoms. The number of urea groups is 1. The fourth-order valence-electron chi connectivity index (χ4n) is 2.93. The molecule has 3 aromatic heterocycles. The van der Waals surface area contributed by atoms with E-state index < -0.39 is 6.03 Å². The highest BCUT2D eigenvalue weighted by Crippen LogP contribution is 2.36. The quantitative estimate of drug-likeness (QED) is 0.699. The maximum atomic E-state index is 12.1. The number of thiazole rings is 1. The Morgan fingerprint density at radius 1 is 1.25 bits per heavy atom. The van der Waals surface area contributed by atoms with Gasteiger partial charge in [-0.1, -0.05) is 0 Å². The van der Waals surface area contributed by atoms with Crippen LogP contribution < -0.4 is 4.90 Å². The monoisotopic (exact) mass is 343 g/mol. The first kappa shape index (κ1) is 15.1. The summed E-state index contributed by atoms with van der Waals surface area (Å²) in [5, 5.41) is 12.0. The Labute approximate surface area is 142 Å². The minimum absolute atomic E-state index is 0.361. The molecule has 1 aliphatic rings. The number of anilines is 1. The largest absolute Gasteiger partial charge is 0.350 e. The van der Waals surface area contributed by atoms with Crippen molar-refractivity contribution in [3.05, 3.63) is 28.9 Å². The Balaban J connectivity index is 1.77. The van der Waals surface area contributed by atoms with Crippen molar-refractivity contribution in [3.63, 3.8) is 0 Å². The van der Waals surface area contributed by atoms with Gasteiger partial charge in [0.2, 0.25) is 0 Å². The molecule has 7 nitrogen and oxygen atoms in total. The zero-order chi connectivity index (χ0) is 16.8. The summed E-state index contributed by atoms with van der Waals surface area (Å²) >= 11 is 1.46. The zero-order valence-electron chi connectivity index (χ0n) is 13.4. The number of hydrogen-bond donors (Lipinski definition) is 2. The molecule has 0 atom stereocenters. The molecule has 3 aromatic rings. The summed E-state index contributed by atoms with van der Waals surface area (Å²) in [4.78, 5) is 27.0. The van der Waals surface area contributed by atoms with Crippen LogP contribution in [0.2, 0.25) is 0 Å². The van der Waals surface area contributed by atoms with Crippen molar-refractivity contribution in [2.45, 2.75) is 20.3 Å². The Morgan fingerprint density at radius 3 is 2.92 bits per heavy atom. The highest BCUT2D eigenvalue weighted by atomic mass is 32.1. The topological polar surface area (TPSA) is 85.4 Å². The van der Waals surface area contributed by atoms with Crippen LogP contribution >= 0.6 is 11.3 Å². The number of fused-ring (bicyclic) bond motifs is 1. The predicted octanol–water partition coefficient (Wildman–Crippen LogP) is 3.32. The summed E-state index contributed by atoms with van der Waals surface area (Å²) in [6.07, 6.45) is 2.62. The molecule has 0 bridgehead atoms. The van der Waals surface area contributed by atoms with Crippen LogP contribution in [-0.4, -0.2) is 44.3 Å². The fourth-order valence-corrected chi connectivity index (χ4v) is 3.88. The number of carbonyl (C=O) groups excluding carboxylic acids is 1. The molecule has 2 N–H and O–H groups in total. The number of nitrogens with zero attached hydrogens (tertiary/aromatic N) is 4. The highest BCUT2D eigenvalue weighted by Gasteiger charge is 2.29. The lowest BCUT2D eigenvalue weighted by atomic mass is 10.1. The number of aromatic nitrogens is 3. The van der Waals surface area contributed by atoms with Crippen LogP contribution in [0, 0.1) is 13.8 Å². The Bertz CT molecular complexity index is 932. The third-order valence-corrected chi connectivity index (χ3v) is 5.15. The summed E-state index contributed by atoms with van der Waals surface area (Å²) in [5.74, 6) is 0. The molecule has 1 fully saturated rings. The van der Waals surface area contributed by atoms with Crippen molar-refractivity contribution < 1.29 is 10.0 Å². The Kier molecular flexibility index (Phi) is 3.50. The number of aromatic amines is 1.